The molecule has 1 aliphatic carbocycles. The summed E-state index contributed by atoms with van der Waals surface area (Å²) in [5, 5.41) is 7.44. The van der Waals surface area contributed by atoms with Crippen LogP contribution in [0.25, 0.3) is 5.78 Å². The maximum atomic E-state index is 11.2. The molecule has 26 heavy (non-hydrogen) atoms. The number of hydrogen-bond donors (Lipinski definition) is 1. The fourth-order valence-electron chi connectivity index (χ4n) is 3.80. The summed E-state index contributed by atoms with van der Waals surface area (Å²) in [4.78, 5) is 19.7. The fraction of sp³-hybridized carbons (Fsp3) is 0.632. The third kappa shape index (κ3) is 3.55. The molecule has 7 heteroatoms. The molecule has 1 aliphatic rings. The maximum absolute atomic E-state index is 11.2. The third-order valence-electron chi connectivity index (χ3n) is 5.52. The van der Waals surface area contributed by atoms with Gasteiger partial charge in [0.25, 0.3) is 5.78 Å². The van der Waals surface area contributed by atoms with Gasteiger partial charge in [0, 0.05) is 6.42 Å². The Bertz CT molecular complexity index is 870. The molecule has 138 valence electrons. The van der Waals surface area contributed by atoms with E-state index in [0.29, 0.717) is 29.5 Å². The highest BCUT2D eigenvalue weighted by Gasteiger charge is 2.36. The van der Waals surface area contributed by atoms with E-state index in [9.17, 15) is 4.91 Å². The number of nitrogen functional groups attached to an aromatic ring is 1. The molecule has 2 aromatic rings. The van der Waals surface area contributed by atoms with Crippen LogP contribution in [0.1, 0.15) is 57.7 Å². The van der Waals surface area contributed by atoms with Crippen molar-refractivity contribution in [1.29, 1.82) is 0 Å². The standard InChI is InChI=1S/C19H26N6O/c1-12-15(17(20)25-18(23-12)21-11-22-25)7-5-6-13-10-14(19(2,3)4)8-9-16(13)24-26/h11,13-14,16H,6,8-10,20H2,1-4H3. The van der Waals surface area contributed by atoms with Crippen LogP contribution in [-0.4, -0.2) is 25.6 Å². The summed E-state index contributed by atoms with van der Waals surface area (Å²) < 4.78 is 1.49. The van der Waals surface area contributed by atoms with Gasteiger partial charge in [-0.05, 0) is 43.4 Å². The average Bonchev–Trinajstić information content (AvgIpc) is 3.05. The molecule has 0 spiro atoms. The molecule has 2 heterocycles. The Labute approximate surface area is 153 Å². The number of nitroso groups, excluding NO2 is 1. The van der Waals surface area contributed by atoms with Crippen LogP contribution in [-0.2, 0) is 0 Å². The van der Waals surface area contributed by atoms with Crippen molar-refractivity contribution < 1.29 is 0 Å². The van der Waals surface area contributed by atoms with Crippen LogP contribution in [0.3, 0.4) is 0 Å². The van der Waals surface area contributed by atoms with E-state index in [0.717, 1.165) is 25.0 Å². The lowest BCUT2D eigenvalue weighted by atomic mass is 9.67. The molecule has 3 atom stereocenters. The van der Waals surface area contributed by atoms with E-state index >= 15 is 0 Å². The summed E-state index contributed by atoms with van der Waals surface area (Å²) in [5.41, 5.74) is 7.81. The zero-order chi connectivity index (χ0) is 18.9. The third-order valence-corrected chi connectivity index (χ3v) is 5.52. The van der Waals surface area contributed by atoms with Gasteiger partial charge in [0.1, 0.15) is 12.1 Å². The van der Waals surface area contributed by atoms with E-state index in [-0.39, 0.29) is 17.4 Å². The quantitative estimate of drug-likeness (QED) is 0.658. The maximum Gasteiger partial charge on any atom is 0.254 e. The average molecular weight is 354 g/mol. The number of hydrogen-bond acceptors (Lipinski definition) is 6. The Morgan fingerprint density at radius 1 is 1.38 bits per heavy atom. The second-order valence-corrected chi connectivity index (χ2v) is 8.24. The largest absolute Gasteiger partial charge is 0.382 e. The van der Waals surface area contributed by atoms with Gasteiger partial charge in [0.05, 0.1) is 17.3 Å². The Morgan fingerprint density at radius 3 is 2.85 bits per heavy atom. The molecular weight excluding hydrogens is 328 g/mol. The molecule has 0 bridgehead atoms. The molecular formula is C19H26N6O. The first-order valence-corrected chi connectivity index (χ1v) is 9.08. The molecule has 2 aromatic heterocycles. The predicted octanol–water partition coefficient (Wildman–Crippen LogP) is 3.35. The lowest BCUT2D eigenvalue weighted by Gasteiger charge is -2.39. The predicted molar refractivity (Wildman–Crippen MR) is 101 cm³/mol. The number of anilines is 1. The van der Waals surface area contributed by atoms with Gasteiger partial charge in [0.2, 0.25) is 0 Å². The van der Waals surface area contributed by atoms with Crippen molar-refractivity contribution in [3.8, 4) is 11.8 Å². The highest BCUT2D eigenvalue weighted by atomic mass is 16.3. The van der Waals surface area contributed by atoms with Crippen LogP contribution >= 0.6 is 0 Å². The van der Waals surface area contributed by atoms with Gasteiger partial charge in [-0.25, -0.2) is 4.98 Å². The van der Waals surface area contributed by atoms with Crippen LogP contribution in [0.4, 0.5) is 5.82 Å². The fourth-order valence-corrected chi connectivity index (χ4v) is 3.80. The van der Waals surface area contributed by atoms with E-state index in [4.69, 9.17) is 5.73 Å². The van der Waals surface area contributed by atoms with Crippen molar-refractivity contribution in [3.63, 3.8) is 0 Å². The molecule has 3 rings (SSSR count). The number of nitrogens with two attached hydrogens (primary N) is 1. The summed E-state index contributed by atoms with van der Waals surface area (Å²) in [6, 6.07) is -0.141. The summed E-state index contributed by atoms with van der Waals surface area (Å²) in [6.07, 6.45) is 4.96. The first-order chi connectivity index (χ1) is 12.3. The number of fused-ring (bicyclic) bond motifs is 1. The van der Waals surface area contributed by atoms with Crippen LogP contribution in [0, 0.1) is 40.9 Å². The summed E-state index contributed by atoms with van der Waals surface area (Å²) >= 11 is 0. The van der Waals surface area contributed by atoms with E-state index in [1.54, 1.807) is 0 Å². The number of rotatable bonds is 2. The van der Waals surface area contributed by atoms with Crippen molar-refractivity contribution in [2.75, 3.05) is 5.73 Å². The van der Waals surface area contributed by atoms with Crippen molar-refractivity contribution >= 4 is 11.6 Å². The molecule has 0 saturated heterocycles. The van der Waals surface area contributed by atoms with Crippen LogP contribution in [0.2, 0.25) is 0 Å². The minimum atomic E-state index is -0.141. The molecule has 0 aromatic carbocycles. The smallest absolute Gasteiger partial charge is 0.254 e. The van der Waals surface area contributed by atoms with Crippen LogP contribution in [0.5, 0.6) is 0 Å². The van der Waals surface area contributed by atoms with Gasteiger partial charge in [-0.15, -0.1) is 0 Å². The van der Waals surface area contributed by atoms with Crippen molar-refractivity contribution in [1.82, 2.24) is 19.6 Å². The molecule has 1 fully saturated rings. The summed E-state index contributed by atoms with van der Waals surface area (Å²) in [5.74, 6) is 8.05. The second kappa shape index (κ2) is 7.02. The molecule has 2 N–H and O–H groups in total. The SMILES string of the molecule is Cc1nc2ncnn2c(N)c1C#CCC1CC(C(C)(C)C)CCC1N=O. The molecule has 0 aliphatic heterocycles. The highest BCUT2D eigenvalue weighted by Crippen LogP contribution is 2.42. The highest BCUT2D eigenvalue weighted by molar-refractivity contribution is 5.57. The Balaban J connectivity index is 1.81. The number of aryl methyl sites for hydroxylation is 1. The van der Waals surface area contributed by atoms with Gasteiger partial charge in [-0.3, -0.25) is 0 Å². The minimum Gasteiger partial charge on any atom is -0.382 e. The molecule has 0 radical (unpaired) electrons. The lowest BCUT2D eigenvalue weighted by Crippen LogP contribution is -2.33. The Morgan fingerprint density at radius 2 is 2.15 bits per heavy atom. The zero-order valence-electron chi connectivity index (χ0n) is 15.9. The number of aromatic nitrogens is 4. The first-order valence-electron chi connectivity index (χ1n) is 9.08. The van der Waals surface area contributed by atoms with Crippen LogP contribution < -0.4 is 5.73 Å². The number of nitrogens with zero attached hydrogens (tertiary/aromatic N) is 5. The normalized spacial score (nSPS) is 23.5. The molecule has 7 nitrogen and oxygen atoms in total. The van der Waals surface area contributed by atoms with Crippen molar-refractivity contribution in [3.05, 3.63) is 22.5 Å². The van der Waals surface area contributed by atoms with E-state index in [1.165, 1.54) is 10.8 Å². The van der Waals surface area contributed by atoms with E-state index in [1.807, 2.05) is 6.92 Å². The van der Waals surface area contributed by atoms with Gasteiger partial charge in [-0.1, -0.05) is 37.8 Å². The minimum absolute atomic E-state index is 0.141. The van der Waals surface area contributed by atoms with Crippen LogP contribution in [0.15, 0.2) is 11.5 Å². The van der Waals surface area contributed by atoms with E-state index < -0.39 is 0 Å². The topological polar surface area (TPSA) is 98.5 Å². The molecule has 3 unspecified atom stereocenters. The zero-order valence-corrected chi connectivity index (χ0v) is 15.9. The Hall–Kier alpha value is -2.49. The lowest BCUT2D eigenvalue weighted by molar-refractivity contribution is 0.129. The van der Waals surface area contributed by atoms with Gasteiger partial charge >= 0.3 is 0 Å². The summed E-state index contributed by atoms with van der Waals surface area (Å²) in [6.45, 7) is 8.65. The Kier molecular flexibility index (Phi) is 4.94. The molecule has 0 amide bonds. The summed E-state index contributed by atoms with van der Waals surface area (Å²) in [7, 11) is 0. The van der Waals surface area contributed by atoms with E-state index in [2.05, 4.69) is 52.9 Å². The van der Waals surface area contributed by atoms with Gasteiger partial charge in [0.15, 0.2) is 0 Å². The first kappa shape index (κ1) is 18.3. The van der Waals surface area contributed by atoms with Gasteiger partial charge in [-0.2, -0.15) is 19.5 Å². The van der Waals surface area contributed by atoms with Crippen molar-refractivity contribution in [2.45, 2.75) is 59.4 Å². The monoisotopic (exact) mass is 354 g/mol. The van der Waals surface area contributed by atoms with Crippen molar-refractivity contribution in [2.24, 2.45) is 22.4 Å². The molecule has 1 saturated carbocycles. The van der Waals surface area contributed by atoms with Gasteiger partial charge < -0.3 is 5.73 Å². The second-order valence-electron chi connectivity index (χ2n) is 8.24.